The highest BCUT2D eigenvalue weighted by Gasteiger charge is 2.14. The molecule has 1 aromatic carbocycles. The van der Waals surface area contributed by atoms with Crippen LogP contribution in [0.2, 0.25) is 0 Å². The van der Waals surface area contributed by atoms with Crippen molar-refractivity contribution < 1.29 is 9.53 Å². The number of carbonyl (C=O) groups excluding carboxylic acids is 1. The van der Waals surface area contributed by atoms with Crippen LogP contribution in [0.5, 0.6) is 5.75 Å². The summed E-state index contributed by atoms with van der Waals surface area (Å²) in [5, 5.41) is 0. The normalized spacial score (nSPS) is 11.4. The largest absolute Gasteiger partial charge is 0.497 e. The lowest BCUT2D eigenvalue weighted by Gasteiger charge is -2.17. The molecule has 0 aromatic heterocycles. The van der Waals surface area contributed by atoms with Crippen molar-refractivity contribution in [1.82, 2.24) is 0 Å². The molecule has 0 amide bonds. The standard InChI is InChI=1S/C15H21BrO2/c1-15(2,3)8-7-12(17)9-11-10-13(18-4)5-6-14(11)16/h5-6,10H,7-9H2,1-4H3. The summed E-state index contributed by atoms with van der Waals surface area (Å²) in [6.45, 7) is 6.46. The van der Waals surface area contributed by atoms with Gasteiger partial charge >= 0.3 is 0 Å². The lowest BCUT2D eigenvalue weighted by Crippen LogP contribution is -2.10. The zero-order valence-electron chi connectivity index (χ0n) is 11.5. The molecule has 0 saturated heterocycles. The monoisotopic (exact) mass is 312 g/mol. The second-order valence-corrected chi connectivity index (χ2v) is 6.59. The van der Waals surface area contributed by atoms with E-state index in [1.165, 1.54) is 0 Å². The van der Waals surface area contributed by atoms with E-state index in [0.29, 0.717) is 12.8 Å². The van der Waals surface area contributed by atoms with Crippen LogP contribution in [-0.4, -0.2) is 12.9 Å². The lowest BCUT2D eigenvalue weighted by atomic mass is 9.89. The summed E-state index contributed by atoms with van der Waals surface area (Å²) in [4.78, 5) is 11.9. The molecule has 0 fully saturated rings. The minimum Gasteiger partial charge on any atom is -0.497 e. The summed E-state index contributed by atoms with van der Waals surface area (Å²) in [7, 11) is 1.63. The van der Waals surface area contributed by atoms with Crippen LogP contribution < -0.4 is 4.74 Å². The number of carbonyl (C=O) groups is 1. The molecule has 1 rings (SSSR count). The van der Waals surface area contributed by atoms with Gasteiger partial charge in [-0.15, -0.1) is 0 Å². The maximum atomic E-state index is 11.9. The predicted octanol–water partition coefficient (Wildman–Crippen LogP) is 4.40. The van der Waals surface area contributed by atoms with Gasteiger partial charge in [0, 0.05) is 17.3 Å². The number of hydrogen-bond donors (Lipinski definition) is 0. The molecule has 2 nitrogen and oxygen atoms in total. The molecule has 0 N–H and O–H groups in total. The fourth-order valence-corrected chi connectivity index (χ4v) is 2.02. The highest BCUT2D eigenvalue weighted by atomic mass is 79.9. The molecule has 0 aliphatic rings. The lowest BCUT2D eigenvalue weighted by molar-refractivity contribution is -0.118. The van der Waals surface area contributed by atoms with E-state index in [4.69, 9.17) is 4.74 Å². The fraction of sp³-hybridized carbons (Fsp3) is 0.533. The third-order valence-corrected chi connectivity index (χ3v) is 3.57. The third kappa shape index (κ3) is 5.21. The molecule has 0 unspecified atom stereocenters. The van der Waals surface area contributed by atoms with Crippen molar-refractivity contribution in [3.05, 3.63) is 28.2 Å². The molecule has 100 valence electrons. The Morgan fingerprint density at radius 3 is 2.56 bits per heavy atom. The third-order valence-electron chi connectivity index (χ3n) is 2.79. The van der Waals surface area contributed by atoms with E-state index < -0.39 is 0 Å². The van der Waals surface area contributed by atoms with Crippen LogP contribution in [0.15, 0.2) is 22.7 Å². The Bertz CT molecular complexity index is 419. The number of ether oxygens (including phenoxy) is 1. The number of methoxy groups -OCH3 is 1. The highest BCUT2D eigenvalue weighted by molar-refractivity contribution is 9.10. The summed E-state index contributed by atoms with van der Waals surface area (Å²) in [5.41, 5.74) is 1.20. The van der Waals surface area contributed by atoms with Crippen molar-refractivity contribution in [2.45, 2.75) is 40.0 Å². The van der Waals surface area contributed by atoms with Crippen LogP contribution in [0.25, 0.3) is 0 Å². The highest BCUT2D eigenvalue weighted by Crippen LogP contribution is 2.25. The molecule has 0 saturated carbocycles. The number of hydrogen-bond acceptors (Lipinski definition) is 2. The second kappa shape index (κ2) is 6.37. The molecular formula is C15H21BrO2. The summed E-state index contributed by atoms with van der Waals surface area (Å²) in [5.74, 6) is 1.07. The average Bonchev–Trinajstić information content (AvgIpc) is 2.28. The van der Waals surface area contributed by atoms with Gasteiger partial charge in [0.2, 0.25) is 0 Å². The van der Waals surface area contributed by atoms with Gasteiger partial charge in [-0.2, -0.15) is 0 Å². The summed E-state index contributed by atoms with van der Waals surface area (Å²) < 4.78 is 6.14. The Hall–Kier alpha value is -0.830. The van der Waals surface area contributed by atoms with Gasteiger partial charge < -0.3 is 4.74 Å². The fourth-order valence-electron chi connectivity index (χ4n) is 1.63. The summed E-state index contributed by atoms with van der Waals surface area (Å²) in [6.07, 6.45) is 2.02. The first kappa shape index (κ1) is 15.2. The predicted molar refractivity (Wildman–Crippen MR) is 78.1 cm³/mol. The number of rotatable bonds is 5. The molecule has 0 spiro atoms. The first-order chi connectivity index (χ1) is 8.31. The van der Waals surface area contributed by atoms with Gasteiger partial charge in [0.25, 0.3) is 0 Å². The van der Waals surface area contributed by atoms with Crippen molar-refractivity contribution >= 4 is 21.7 Å². The van der Waals surface area contributed by atoms with E-state index in [2.05, 4.69) is 36.7 Å². The molecule has 0 bridgehead atoms. The Morgan fingerprint density at radius 1 is 1.33 bits per heavy atom. The average molecular weight is 313 g/mol. The van der Waals surface area contributed by atoms with Gasteiger partial charge in [0.15, 0.2) is 0 Å². The van der Waals surface area contributed by atoms with Gasteiger partial charge in [0.1, 0.15) is 11.5 Å². The van der Waals surface area contributed by atoms with Crippen LogP contribution in [0, 0.1) is 5.41 Å². The SMILES string of the molecule is COc1ccc(Br)c(CC(=O)CCC(C)(C)C)c1. The first-order valence-electron chi connectivity index (χ1n) is 6.16. The van der Waals surface area contributed by atoms with Crippen LogP contribution in [0.1, 0.15) is 39.2 Å². The van der Waals surface area contributed by atoms with Crippen molar-refractivity contribution in [3.8, 4) is 5.75 Å². The molecule has 18 heavy (non-hydrogen) atoms. The van der Waals surface area contributed by atoms with E-state index in [1.54, 1.807) is 7.11 Å². The van der Waals surface area contributed by atoms with Gasteiger partial charge in [-0.05, 0) is 35.6 Å². The van der Waals surface area contributed by atoms with Crippen LogP contribution in [-0.2, 0) is 11.2 Å². The molecule has 1 aromatic rings. The first-order valence-corrected chi connectivity index (χ1v) is 6.95. The van der Waals surface area contributed by atoms with Crippen LogP contribution in [0.3, 0.4) is 0 Å². The number of ketones is 1. The minimum absolute atomic E-state index is 0.210. The Balaban J connectivity index is 2.64. The molecule has 0 aliphatic heterocycles. The van der Waals surface area contributed by atoms with Crippen molar-refractivity contribution in [3.63, 3.8) is 0 Å². The van der Waals surface area contributed by atoms with Gasteiger partial charge in [-0.1, -0.05) is 36.7 Å². The van der Waals surface area contributed by atoms with Gasteiger partial charge in [0.05, 0.1) is 7.11 Å². The second-order valence-electron chi connectivity index (χ2n) is 5.73. The zero-order chi connectivity index (χ0) is 13.8. The van der Waals surface area contributed by atoms with Crippen LogP contribution in [0.4, 0.5) is 0 Å². The Morgan fingerprint density at radius 2 is 2.00 bits per heavy atom. The zero-order valence-corrected chi connectivity index (χ0v) is 13.1. The summed E-state index contributed by atoms with van der Waals surface area (Å²) in [6, 6.07) is 5.72. The minimum atomic E-state index is 0.210. The molecule has 0 atom stereocenters. The number of halogens is 1. The molecule has 0 radical (unpaired) electrons. The molecule has 3 heteroatoms. The van der Waals surface area contributed by atoms with Crippen molar-refractivity contribution in [1.29, 1.82) is 0 Å². The quantitative estimate of drug-likeness (QED) is 0.805. The Kier molecular flexibility index (Phi) is 5.39. The molecule has 0 aliphatic carbocycles. The number of Topliss-reactive ketones (excluding diaryl/α,β-unsaturated/α-hetero) is 1. The van der Waals surface area contributed by atoms with Crippen LogP contribution >= 0.6 is 15.9 Å². The van der Waals surface area contributed by atoms with E-state index >= 15 is 0 Å². The van der Waals surface area contributed by atoms with Gasteiger partial charge in [-0.3, -0.25) is 4.79 Å². The van der Waals surface area contributed by atoms with E-state index in [1.807, 2.05) is 18.2 Å². The Labute approximate surface area is 118 Å². The van der Waals surface area contributed by atoms with E-state index in [0.717, 1.165) is 22.2 Å². The topological polar surface area (TPSA) is 26.3 Å². The van der Waals surface area contributed by atoms with Crippen molar-refractivity contribution in [2.24, 2.45) is 5.41 Å². The maximum absolute atomic E-state index is 11.9. The number of benzene rings is 1. The van der Waals surface area contributed by atoms with E-state index in [9.17, 15) is 4.79 Å². The maximum Gasteiger partial charge on any atom is 0.137 e. The van der Waals surface area contributed by atoms with E-state index in [-0.39, 0.29) is 11.2 Å². The summed E-state index contributed by atoms with van der Waals surface area (Å²) >= 11 is 3.47. The molecular weight excluding hydrogens is 292 g/mol. The van der Waals surface area contributed by atoms with Crippen molar-refractivity contribution in [2.75, 3.05) is 7.11 Å². The van der Waals surface area contributed by atoms with Gasteiger partial charge in [-0.25, -0.2) is 0 Å². The smallest absolute Gasteiger partial charge is 0.137 e. The molecule has 0 heterocycles.